The number of halogens is 3. The van der Waals surface area contributed by atoms with E-state index in [2.05, 4.69) is 20.0 Å². The molecule has 2 aliphatic carbocycles. The van der Waals surface area contributed by atoms with Crippen LogP contribution in [0, 0.1) is 5.82 Å². The zero-order valence-electron chi connectivity index (χ0n) is 25.0. The van der Waals surface area contributed by atoms with Gasteiger partial charge in [0.1, 0.15) is 35.4 Å². The number of carbonyl (C=O) groups is 1. The molecule has 6 rings (SSSR count). The van der Waals surface area contributed by atoms with Gasteiger partial charge in [0, 0.05) is 12.5 Å². The van der Waals surface area contributed by atoms with Gasteiger partial charge >= 0.3 is 13.7 Å². The average Bonchev–Trinajstić information content (AvgIpc) is 3.26. The van der Waals surface area contributed by atoms with Crippen molar-refractivity contribution in [3.63, 3.8) is 0 Å². The first-order valence-corrected chi connectivity index (χ1v) is 16.8. The van der Waals surface area contributed by atoms with Gasteiger partial charge in [-0.15, -0.1) is 0 Å². The minimum atomic E-state index is -4.52. The second-order valence-electron chi connectivity index (χ2n) is 11.6. The van der Waals surface area contributed by atoms with Crippen molar-refractivity contribution in [1.29, 1.82) is 0 Å². The molecule has 3 heterocycles. The van der Waals surface area contributed by atoms with Crippen LogP contribution in [-0.4, -0.2) is 73.3 Å². The minimum Gasteiger partial charge on any atom is -0.476 e. The molecule has 2 saturated carbocycles. The summed E-state index contributed by atoms with van der Waals surface area (Å²) in [4.78, 5) is 25.3. The molecule has 4 N–H and O–H groups in total. The largest absolute Gasteiger partial charge is 0.476 e. The molecular formula is C28H34ClF2N6O8P. The third-order valence-corrected chi connectivity index (χ3v) is 10.3. The molecule has 2 aromatic heterocycles. The summed E-state index contributed by atoms with van der Waals surface area (Å²) in [5, 5.41) is 13.5. The zero-order valence-corrected chi connectivity index (χ0v) is 26.7. The Morgan fingerprint density at radius 2 is 2.09 bits per heavy atom. The Morgan fingerprint density at radius 3 is 2.80 bits per heavy atom. The van der Waals surface area contributed by atoms with Crippen LogP contribution >= 0.6 is 19.3 Å². The van der Waals surface area contributed by atoms with Crippen LogP contribution in [-0.2, 0) is 23.4 Å². The van der Waals surface area contributed by atoms with Crippen LogP contribution in [0.25, 0.3) is 11.2 Å². The third-order valence-electron chi connectivity index (χ3n) is 8.33. The highest BCUT2D eigenvalue weighted by atomic mass is 35.5. The predicted molar refractivity (Wildman–Crippen MR) is 159 cm³/mol. The number of benzene rings is 1. The number of aromatic nitrogens is 4. The molecule has 3 aromatic rings. The van der Waals surface area contributed by atoms with Crippen LogP contribution in [0.15, 0.2) is 24.5 Å². The Balaban J connectivity index is 1.21. The van der Waals surface area contributed by atoms with Gasteiger partial charge in [0.25, 0.3) is 0 Å². The lowest BCUT2D eigenvalue weighted by molar-refractivity contribution is -0.152. The molecular weight excluding hydrogens is 653 g/mol. The van der Waals surface area contributed by atoms with Crippen LogP contribution in [0.3, 0.4) is 0 Å². The number of fused-ring (bicyclic) bond motifs is 2. The number of aliphatic hydroxyl groups is 1. The maximum Gasteiger partial charge on any atom is 0.459 e. The fourth-order valence-electron chi connectivity index (χ4n) is 5.86. The molecule has 3 aliphatic rings. The van der Waals surface area contributed by atoms with Crippen LogP contribution in [0.1, 0.15) is 58.6 Å². The molecule has 0 amide bonds. The molecule has 0 spiro atoms. The van der Waals surface area contributed by atoms with Crippen LogP contribution in [0.2, 0.25) is 5.02 Å². The monoisotopic (exact) mass is 686 g/mol. The van der Waals surface area contributed by atoms with Gasteiger partial charge in [-0.25, -0.2) is 18.3 Å². The van der Waals surface area contributed by atoms with Crippen molar-refractivity contribution in [3.05, 3.63) is 35.4 Å². The first-order valence-electron chi connectivity index (χ1n) is 14.9. The molecule has 46 heavy (non-hydrogen) atoms. The molecule has 1 aliphatic heterocycles. The Morgan fingerprint density at radius 1 is 1.33 bits per heavy atom. The second-order valence-corrected chi connectivity index (χ2v) is 13.7. The van der Waals surface area contributed by atoms with Gasteiger partial charge in [0.05, 0.1) is 24.6 Å². The normalized spacial score (nSPS) is 28.0. The van der Waals surface area contributed by atoms with Gasteiger partial charge in [0.2, 0.25) is 11.8 Å². The van der Waals surface area contributed by atoms with Crippen LogP contribution < -0.4 is 20.1 Å². The second kappa shape index (κ2) is 12.5. The van der Waals surface area contributed by atoms with Gasteiger partial charge in [-0.05, 0) is 51.7 Å². The first kappa shape index (κ1) is 32.8. The molecule has 250 valence electrons. The zero-order chi connectivity index (χ0) is 32.9. The summed E-state index contributed by atoms with van der Waals surface area (Å²) in [6, 6.07) is 2.06. The molecule has 18 heteroatoms. The standard InChI is InChI=1S/C28H34ClF2N6O8P/c1-3-41-23-21-22(34-26(32)35-23)37(14-33-21)25-28(39)13-27(28,31)20(44-25)12-42-46(40,45-17-9-10-19(30)18(29)11-17)36-15(2)24(38)43-16-7-5-4-6-8-16/h9-11,14-16,20,25,39H,3-8,12-13H2,1-2H3,(H,36,40)(H2,32,34,35)/t15-,20+,25+,27-,28-,46?/m0/s1. The maximum absolute atomic E-state index is 16.2. The lowest BCUT2D eigenvalue weighted by Gasteiger charge is -2.27. The Hall–Kier alpha value is -3.14. The summed E-state index contributed by atoms with van der Waals surface area (Å²) in [6.07, 6.45) is 2.26. The van der Waals surface area contributed by atoms with E-state index in [-0.39, 0.29) is 52.9 Å². The number of esters is 1. The maximum atomic E-state index is 16.2. The van der Waals surface area contributed by atoms with Crippen molar-refractivity contribution in [2.45, 2.75) is 88.1 Å². The topological polar surface area (TPSA) is 182 Å². The summed E-state index contributed by atoms with van der Waals surface area (Å²) >= 11 is 5.88. The van der Waals surface area contributed by atoms with Gasteiger partial charge in [0.15, 0.2) is 23.1 Å². The third kappa shape index (κ3) is 6.14. The van der Waals surface area contributed by atoms with Crippen LogP contribution in [0.5, 0.6) is 11.6 Å². The predicted octanol–water partition coefficient (Wildman–Crippen LogP) is 4.40. The number of anilines is 1. The number of nitrogens with zero attached hydrogens (tertiary/aromatic N) is 4. The fourth-order valence-corrected chi connectivity index (χ4v) is 7.51. The van der Waals surface area contributed by atoms with Crippen molar-refractivity contribution < 1.29 is 46.5 Å². The van der Waals surface area contributed by atoms with Crippen molar-refractivity contribution in [1.82, 2.24) is 24.6 Å². The molecule has 14 nitrogen and oxygen atoms in total. The van der Waals surface area contributed by atoms with E-state index >= 15 is 4.39 Å². The van der Waals surface area contributed by atoms with Gasteiger partial charge in [-0.2, -0.15) is 15.1 Å². The summed E-state index contributed by atoms with van der Waals surface area (Å²) in [6.45, 7) is 2.74. The van der Waals surface area contributed by atoms with E-state index in [1.54, 1.807) is 6.92 Å². The van der Waals surface area contributed by atoms with Crippen molar-refractivity contribution in [2.75, 3.05) is 18.9 Å². The highest BCUT2D eigenvalue weighted by Crippen LogP contribution is 2.66. The number of hydrogen-bond acceptors (Lipinski definition) is 12. The Bertz CT molecular complexity index is 1680. The molecule has 1 saturated heterocycles. The molecule has 3 fully saturated rings. The summed E-state index contributed by atoms with van der Waals surface area (Å²) in [7, 11) is -4.52. The van der Waals surface area contributed by atoms with Gasteiger partial charge < -0.3 is 29.6 Å². The number of carbonyl (C=O) groups excluding carboxylic acids is 1. The summed E-state index contributed by atoms with van der Waals surface area (Å²) < 4.78 is 73.6. The molecule has 1 aromatic carbocycles. The smallest absolute Gasteiger partial charge is 0.459 e. The average molecular weight is 687 g/mol. The van der Waals surface area contributed by atoms with Crippen molar-refractivity contribution in [2.24, 2.45) is 0 Å². The lowest BCUT2D eigenvalue weighted by Crippen LogP contribution is -2.38. The Kier molecular flexibility index (Phi) is 8.89. The van der Waals surface area contributed by atoms with E-state index in [9.17, 15) is 18.9 Å². The number of ether oxygens (including phenoxy) is 3. The molecule has 1 unspecified atom stereocenters. The fraction of sp³-hybridized carbons (Fsp3) is 0.571. The van der Waals surface area contributed by atoms with E-state index < -0.39 is 55.8 Å². The number of nitrogens with one attached hydrogen (secondary N) is 1. The quantitative estimate of drug-likeness (QED) is 0.180. The number of imidazole rings is 1. The van der Waals surface area contributed by atoms with Crippen molar-refractivity contribution in [3.8, 4) is 11.6 Å². The van der Waals surface area contributed by atoms with E-state index in [4.69, 9.17) is 40.6 Å². The lowest BCUT2D eigenvalue weighted by atomic mass is 9.98. The Labute approximate surface area is 267 Å². The summed E-state index contributed by atoms with van der Waals surface area (Å²) in [5.74, 6) is -1.60. The highest BCUT2D eigenvalue weighted by Gasteiger charge is 2.82. The molecule has 0 bridgehead atoms. The number of alkyl halides is 1. The first-order chi connectivity index (χ1) is 21.9. The number of nitrogen functional groups attached to an aromatic ring is 1. The van der Waals surface area contributed by atoms with E-state index in [0.29, 0.717) is 0 Å². The summed E-state index contributed by atoms with van der Waals surface area (Å²) in [5.41, 5.74) is 1.88. The number of nitrogens with two attached hydrogens (primary N) is 1. The minimum absolute atomic E-state index is 0.108. The van der Waals surface area contributed by atoms with E-state index in [1.165, 1.54) is 17.8 Å². The highest BCUT2D eigenvalue weighted by molar-refractivity contribution is 7.52. The van der Waals surface area contributed by atoms with E-state index in [0.717, 1.165) is 50.3 Å². The van der Waals surface area contributed by atoms with Crippen LogP contribution in [0.4, 0.5) is 14.7 Å². The molecule has 0 radical (unpaired) electrons. The van der Waals surface area contributed by atoms with Crippen molar-refractivity contribution >= 4 is 42.4 Å². The van der Waals surface area contributed by atoms with E-state index in [1.807, 2.05) is 0 Å². The van der Waals surface area contributed by atoms with Gasteiger partial charge in [-0.3, -0.25) is 13.9 Å². The number of rotatable bonds is 12. The SMILES string of the molecule is CCOc1nc(N)nc2c1ncn2[C@@H]1O[C@H](COP(=O)(N[C@@H](C)C(=O)OC2CCCCC2)Oc2ccc(F)c(Cl)c2)[C@@]2(F)C[C@]12O. The molecule has 6 atom stereocenters. The number of hydrogen-bond donors (Lipinski definition) is 3. The van der Waals surface area contributed by atoms with Gasteiger partial charge in [-0.1, -0.05) is 18.0 Å².